The lowest BCUT2D eigenvalue weighted by Gasteiger charge is -2.03. The number of aromatic amines is 1. The standard InChI is InChI=1S/C11H9FN2O3/c1-17-14-11(16)9-4-6-2-3-7(12)5-8(6)10(15)13-9/h2-5H,1H3,(H,13,15)(H,14,16). The molecule has 0 unspecified atom stereocenters. The molecule has 0 spiro atoms. The number of hydroxylamine groups is 1. The first-order valence-corrected chi connectivity index (χ1v) is 4.77. The van der Waals surface area contributed by atoms with Gasteiger partial charge in [0.15, 0.2) is 0 Å². The van der Waals surface area contributed by atoms with Crippen LogP contribution < -0.4 is 11.0 Å². The van der Waals surface area contributed by atoms with Gasteiger partial charge in [-0.15, -0.1) is 0 Å². The van der Waals surface area contributed by atoms with Gasteiger partial charge in [0, 0.05) is 5.39 Å². The monoisotopic (exact) mass is 236 g/mol. The highest BCUT2D eigenvalue weighted by molar-refractivity contribution is 5.95. The molecule has 0 bridgehead atoms. The Morgan fingerprint density at radius 2 is 2.18 bits per heavy atom. The molecule has 2 rings (SSSR count). The van der Waals surface area contributed by atoms with Gasteiger partial charge in [-0.2, -0.15) is 0 Å². The van der Waals surface area contributed by atoms with Crippen molar-refractivity contribution < 1.29 is 14.0 Å². The zero-order valence-corrected chi connectivity index (χ0v) is 8.91. The second-order valence-electron chi connectivity index (χ2n) is 3.38. The first kappa shape index (κ1) is 11.3. The number of carbonyl (C=O) groups is 1. The lowest BCUT2D eigenvalue weighted by Crippen LogP contribution is -2.25. The van der Waals surface area contributed by atoms with Crippen molar-refractivity contribution in [3.8, 4) is 0 Å². The molecule has 88 valence electrons. The van der Waals surface area contributed by atoms with Gasteiger partial charge in [-0.05, 0) is 23.6 Å². The van der Waals surface area contributed by atoms with E-state index < -0.39 is 17.3 Å². The van der Waals surface area contributed by atoms with E-state index in [-0.39, 0.29) is 11.1 Å². The van der Waals surface area contributed by atoms with Crippen LogP contribution in [0.5, 0.6) is 0 Å². The van der Waals surface area contributed by atoms with Crippen molar-refractivity contribution in [1.29, 1.82) is 0 Å². The van der Waals surface area contributed by atoms with E-state index >= 15 is 0 Å². The Kier molecular flexibility index (Phi) is 2.88. The molecular weight excluding hydrogens is 227 g/mol. The van der Waals surface area contributed by atoms with Crippen LogP contribution in [0.1, 0.15) is 10.5 Å². The Labute approximate surface area is 95.2 Å². The van der Waals surface area contributed by atoms with E-state index in [9.17, 15) is 14.0 Å². The third-order valence-electron chi connectivity index (χ3n) is 2.25. The first-order valence-electron chi connectivity index (χ1n) is 4.77. The SMILES string of the molecule is CONC(=O)c1cc2ccc(F)cc2c(=O)[nH]1. The van der Waals surface area contributed by atoms with Crippen molar-refractivity contribution in [1.82, 2.24) is 10.5 Å². The summed E-state index contributed by atoms with van der Waals surface area (Å²) in [5, 5.41) is 0.676. The zero-order chi connectivity index (χ0) is 12.4. The zero-order valence-electron chi connectivity index (χ0n) is 8.91. The predicted octanol–water partition coefficient (Wildman–Crippen LogP) is 0.958. The molecule has 2 N–H and O–H groups in total. The number of benzene rings is 1. The Hall–Kier alpha value is -2.21. The number of nitrogens with one attached hydrogen (secondary N) is 2. The second kappa shape index (κ2) is 4.34. The summed E-state index contributed by atoms with van der Waals surface area (Å²) in [5.74, 6) is -1.08. The van der Waals surface area contributed by atoms with Crippen LogP contribution in [0.4, 0.5) is 4.39 Å². The first-order chi connectivity index (χ1) is 8.11. The van der Waals surface area contributed by atoms with E-state index in [1.807, 2.05) is 0 Å². The van der Waals surface area contributed by atoms with Gasteiger partial charge < -0.3 is 4.98 Å². The topological polar surface area (TPSA) is 71.2 Å². The molecule has 1 amide bonds. The summed E-state index contributed by atoms with van der Waals surface area (Å²) >= 11 is 0. The summed E-state index contributed by atoms with van der Waals surface area (Å²) in [7, 11) is 1.28. The normalized spacial score (nSPS) is 10.5. The van der Waals surface area contributed by atoms with Gasteiger partial charge in [-0.25, -0.2) is 9.87 Å². The van der Waals surface area contributed by atoms with Crippen LogP contribution in [-0.4, -0.2) is 18.0 Å². The molecule has 1 aromatic heterocycles. The lowest BCUT2D eigenvalue weighted by atomic mass is 10.1. The molecule has 0 saturated carbocycles. The molecule has 17 heavy (non-hydrogen) atoms. The van der Waals surface area contributed by atoms with Crippen LogP contribution in [0.15, 0.2) is 29.1 Å². The highest BCUT2D eigenvalue weighted by atomic mass is 19.1. The second-order valence-corrected chi connectivity index (χ2v) is 3.38. The lowest BCUT2D eigenvalue weighted by molar-refractivity contribution is 0.0532. The molecule has 1 aromatic carbocycles. The van der Waals surface area contributed by atoms with Crippen LogP contribution in [0.25, 0.3) is 10.8 Å². The van der Waals surface area contributed by atoms with E-state index in [1.54, 1.807) is 0 Å². The van der Waals surface area contributed by atoms with E-state index in [4.69, 9.17) is 0 Å². The minimum absolute atomic E-state index is 0.0518. The minimum atomic E-state index is -0.573. The van der Waals surface area contributed by atoms with Crippen LogP contribution in [-0.2, 0) is 4.84 Å². The van der Waals surface area contributed by atoms with E-state index in [1.165, 1.54) is 25.3 Å². The van der Waals surface area contributed by atoms with E-state index in [2.05, 4.69) is 15.3 Å². The number of pyridine rings is 1. The quantitative estimate of drug-likeness (QED) is 0.763. The Bertz CT molecular complexity index is 636. The number of hydrogen-bond donors (Lipinski definition) is 2. The molecule has 0 aliphatic carbocycles. The molecule has 0 aliphatic rings. The van der Waals surface area contributed by atoms with Crippen molar-refractivity contribution in [2.24, 2.45) is 0 Å². The molecule has 0 fully saturated rings. The van der Waals surface area contributed by atoms with Crippen LogP contribution in [0, 0.1) is 5.82 Å². The van der Waals surface area contributed by atoms with Crippen molar-refractivity contribution in [3.05, 3.63) is 46.1 Å². The van der Waals surface area contributed by atoms with Gasteiger partial charge in [-0.3, -0.25) is 14.4 Å². The molecule has 6 heteroatoms. The summed E-state index contributed by atoms with van der Waals surface area (Å²) in [5.41, 5.74) is 1.61. The average molecular weight is 236 g/mol. The molecular formula is C11H9FN2O3. The summed E-state index contributed by atoms with van der Waals surface area (Å²) in [6.07, 6.45) is 0. The predicted molar refractivity (Wildman–Crippen MR) is 59.0 cm³/mol. The highest BCUT2D eigenvalue weighted by Gasteiger charge is 2.09. The van der Waals surface area contributed by atoms with Gasteiger partial charge in [0.25, 0.3) is 11.5 Å². The number of carbonyl (C=O) groups excluding carboxylic acids is 1. The van der Waals surface area contributed by atoms with E-state index in [0.717, 1.165) is 6.07 Å². The van der Waals surface area contributed by atoms with Gasteiger partial charge in [0.05, 0.1) is 7.11 Å². The number of hydrogen-bond acceptors (Lipinski definition) is 3. The van der Waals surface area contributed by atoms with Crippen molar-refractivity contribution in [3.63, 3.8) is 0 Å². The van der Waals surface area contributed by atoms with Crippen LogP contribution in [0.3, 0.4) is 0 Å². The molecule has 1 heterocycles. The molecule has 0 aliphatic heterocycles. The smallest absolute Gasteiger partial charge is 0.291 e. The number of H-pyrrole nitrogens is 1. The number of halogens is 1. The molecule has 5 nitrogen and oxygen atoms in total. The number of aromatic nitrogens is 1. The maximum absolute atomic E-state index is 12.9. The number of rotatable bonds is 2. The Morgan fingerprint density at radius 1 is 1.41 bits per heavy atom. The largest absolute Gasteiger partial charge is 0.317 e. The summed E-state index contributed by atoms with van der Waals surface area (Å²) in [6.45, 7) is 0. The number of amides is 1. The number of fused-ring (bicyclic) bond motifs is 1. The minimum Gasteiger partial charge on any atom is -0.317 e. The molecule has 0 atom stereocenters. The third-order valence-corrected chi connectivity index (χ3v) is 2.25. The van der Waals surface area contributed by atoms with Crippen molar-refractivity contribution in [2.75, 3.05) is 7.11 Å². The highest BCUT2D eigenvalue weighted by Crippen LogP contribution is 2.12. The molecule has 2 aromatic rings. The van der Waals surface area contributed by atoms with Gasteiger partial charge >= 0.3 is 0 Å². The fraction of sp³-hybridized carbons (Fsp3) is 0.0909. The molecule has 0 radical (unpaired) electrons. The van der Waals surface area contributed by atoms with Gasteiger partial charge in [0.1, 0.15) is 11.5 Å². The maximum atomic E-state index is 12.9. The molecule has 0 saturated heterocycles. The van der Waals surface area contributed by atoms with Gasteiger partial charge in [-0.1, -0.05) is 6.07 Å². The fourth-order valence-corrected chi connectivity index (χ4v) is 1.50. The van der Waals surface area contributed by atoms with Crippen molar-refractivity contribution >= 4 is 16.7 Å². The fourth-order valence-electron chi connectivity index (χ4n) is 1.50. The maximum Gasteiger partial charge on any atom is 0.291 e. The van der Waals surface area contributed by atoms with Gasteiger partial charge in [0.2, 0.25) is 0 Å². The van der Waals surface area contributed by atoms with Crippen LogP contribution in [0.2, 0.25) is 0 Å². The van der Waals surface area contributed by atoms with Crippen molar-refractivity contribution in [2.45, 2.75) is 0 Å². The van der Waals surface area contributed by atoms with Crippen LogP contribution >= 0.6 is 0 Å². The summed E-state index contributed by atoms with van der Waals surface area (Å²) < 4.78 is 12.9. The summed E-state index contributed by atoms with van der Waals surface area (Å²) in [4.78, 5) is 29.8. The van der Waals surface area contributed by atoms with E-state index in [0.29, 0.717) is 5.39 Å². The summed E-state index contributed by atoms with van der Waals surface area (Å²) in [6, 6.07) is 5.22. The Morgan fingerprint density at radius 3 is 2.88 bits per heavy atom. The third kappa shape index (κ3) is 2.16. The Balaban J connectivity index is 2.60. The average Bonchev–Trinajstić information content (AvgIpc) is 2.30.